The molecule has 1 aliphatic rings. The van der Waals surface area contributed by atoms with Crippen LogP contribution in [0.25, 0.3) is 0 Å². The summed E-state index contributed by atoms with van der Waals surface area (Å²) in [5.74, 6) is -0.492. The second-order valence-corrected chi connectivity index (χ2v) is 6.48. The third-order valence-electron chi connectivity index (χ3n) is 4.88. The van der Waals surface area contributed by atoms with Crippen LogP contribution in [0.15, 0.2) is 0 Å². The second kappa shape index (κ2) is 6.79. The van der Waals surface area contributed by atoms with Crippen molar-refractivity contribution in [3.63, 3.8) is 0 Å². The Kier molecular flexibility index (Phi) is 5.16. The summed E-state index contributed by atoms with van der Waals surface area (Å²) in [6.07, 6.45) is 1.81. The van der Waals surface area contributed by atoms with Crippen molar-refractivity contribution in [2.45, 2.75) is 46.6 Å². The molecule has 1 unspecified atom stereocenters. The van der Waals surface area contributed by atoms with E-state index in [1.165, 1.54) is 4.90 Å². The van der Waals surface area contributed by atoms with E-state index in [0.717, 1.165) is 12.8 Å². The molecule has 0 radical (unpaired) electrons. The van der Waals surface area contributed by atoms with Gasteiger partial charge in [-0.1, -0.05) is 0 Å². The third kappa shape index (κ3) is 3.09. The molecule has 1 aromatic heterocycles. The number of esters is 1. The van der Waals surface area contributed by atoms with Crippen molar-refractivity contribution in [3.05, 3.63) is 22.5 Å². The van der Waals surface area contributed by atoms with E-state index in [4.69, 9.17) is 4.74 Å². The van der Waals surface area contributed by atoms with Gasteiger partial charge in [-0.25, -0.2) is 4.79 Å². The molecule has 6 heteroatoms. The van der Waals surface area contributed by atoms with Crippen molar-refractivity contribution < 1.29 is 19.1 Å². The zero-order valence-corrected chi connectivity index (χ0v) is 15.3. The van der Waals surface area contributed by atoms with Crippen LogP contribution < -0.4 is 0 Å². The maximum Gasteiger partial charge on any atom is 0.355 e. The Morgan fingerprint density at radius 1 is 1.29 bits per heavy atom. The molecule has 1 atom stereocenters. The number of ketones is 1. The number of ether oxygens (including phenoxy) is 1. The standard InChI is InChI=1S/C18H26N2O4/c1-7-24-18(23)15-10(2)14(11(3)19(15)5)16(21)12(4)20(6)17(22)13-8-9-13/h12-13H,7-9H2,1-6H3. The lowest BCUT2D eigenvalue weighted by Crippen LogP contribution is -2.41. The fourth-order valence-corrected chi connectivity index (χ4v) is 3.02. The van der Waals surface area contributed by atoms with E-state index in [-0.39, 0.29) is 24.2 Å². The van der Waals surface area contributed by atoms with Gasteiger partial charge in [0.05, 0.1) is 12.6 Å². The number of carbonyl (C=O) groups excluding carboxylic acids is 3. The Balaban J connectivity index is 2.33. The molecule has 0 saturated heterocycles. The minimum atomic E-state index is -0.562. The van der Waals surface area contributed by atoms with Crippen molar-refractivity contribution >= 4 is 17.7 Å². The van der Waals surface area contributed by atoms with E-state index in [1.54, 1.807) is 46.4 Å². The smallest absolute Gasteiger partial charge is 0.355 e. The van der Waals surface area contributed by atoms with Gasteiger partial charge >= 0.3 is 5.97 Å². The summed E-state index contributed by atoms with van der Waals surface area (Å²) in [7, 11) is 3.41. The van der Waals surface area contributed by atoms with Gasteiger partial charge in [0.1, 0.15) is 5.69 Å². The molecule has 6 nitrogen and oxygen atoms in total. The van der Waals surface area contributed by atoms with Gasteiger partial charge in [-0.15, -0.1) is 0 Å². The molecule has 0 N–H and O–H groups in total. The van der Waals surface area contributed by atoms with Crippen LogP contribution in [-0.2, 0) is 16.6 Å². The van der Waals surface area contributed by atoms with Gasteiger partial charge < -0.3 is 14.2 Å². The Labute approximate surface area is 142 Å². The van der Waals surface area contributed by atoms with Crippen molar-refractivity contribution in [1.82, 2.24) is 9.47 Å². The van der Waals surface area contributed by atoms with Crippen molar-refractivity contribution in [3.8, 4) is 0 Å². The number of nitrogens with zero attached hydrogens (tertiary/aromatic N) is 2. The largest absolute Gasteiger partial charge is 0.461 e. The van der Waals surface area contributed by atoms with Crippen LogP contribution in [0, 0.1) is 19.8 Å². The predicted molar refractivity (Wildman–Crippen MR) is 90.1 cm³/mol. The number of hydrogen-bond donors (Lipinski definition) is 0. The van der Waals surface area contributed by atoms with Crippen LogP contribution in [0.2, 0.25) is 0 Å². The van der Waals surface area contributed by atoms with Gasteiger partial charge in [0.2, 0.25) is 5.91 Å². The van der Waals surface area contributed by atoms with E-state index in [9.17, 15) is 14.4 Å². The van der Waals surface area contributed by atoms with Crippen LogP contribution in [0.4, 0.5) is 0 Å². The molecule has 24 heavy (non-hydrogen) atoms. The highest BCUT2D eigenvalue weighted by molar-refractivity contribution is 6.06. The lowest BCUT2D eigenvalue weighted by atomic mass is 10.00. The van der Waals surface area contributed by atoms with Crippen molar-refractivity contribution in [2.75, 3.05) is 13.7 Å². The maximum atomic E-state index is 13.0. The van der Waals surface area contributed by atoms with Crippen LogP contribution in [0.1, 0.15) is 58.8 Å². The first kappa shape index (κ1) is 18.2. The highest BCUT2D eigenvalue weighted by Crippen LogP contribution is 2.32. The molecule has 0 spiro atoms. The molecular formula is C18H26N2O4. The fourth-order valence-electron chi connectivity index (χ4n) is 3.02. The molecule has 0 aromatic carbocycles. The molecule has 1 aliphatic carbocycles. The van der Waals surface area contributed by atoms with Crippen LogP contribution in [0.3, 0.4) is 0 Å². The van der Waals surface area contributed by atoms with E-state index < -0.39 is 12.0 Å². The number of carbonyl (C=O) groups is 3. The topological polar surface area (TPSA) is 68.6 Å². The Bertz CT molecular complexity index is 686. The summed E-state index contributed by atoms with van der Waals surface area (Å²) in [4.78, 5) is 38.9. The summed E-state index contributed by atoms with van der Waals surface area (Å²) in [5.41, 5.74) is 2.21. The zero-order chi connectivity index (χ0) is 18.2. The molecule has 1 amide bonds. The molecule has 1 aromatic rings. The number of Topliss-reactive ketones (excluding diaryl/α,β-unsaturated/α-hetero) is 1. The van der Waals surface area contributed by atoms with E-state index in [1.807, 2.05) is 0 Å². The normalized spacial score (nSPS) is 15.1. The first-order valence-electron chi connectivity index (χ1n) is 8.36. The Morgan fingerprint density at radius 2 is 1.88 bits per heavy atom. The Hall–Kier alpha value is -2.11. The van der Waals surface area contributed by atoms with E-state index in [0.29, 0.717) is 22.5 Å². The average Bonchev–Trinajstić information content (AvgIpc) is 3.34. The molecule has 1 heterocycles. The number of likely N-dealkylation sites (N-methyl/N-ethyl adjacent to an activating group) is 1. The minimum absolute atomic E-state index is 0.0210. The third-order valence-corrected chi connectivity index (χ3v) is 4.88. The van der Waals surface area contributed by atoms with Crippen molar-refractivity contribution in [1.29, 1.82) is 0 Å². The van der Waals surface area contributed by atoms with Gasteiger partial charge in [0.25, 0.3) is 0 Å². The predicted octanol–water partition coefficient (Wildman–Crippen LogP) is 2.26. The van der Waals surface area contributed by atoms with Gasteiger partial charge in [-0.3, -0.25) is 9.59 Å². The second-order valence-electron chi connectivity index (χ2n) is 6.48. The highest BCUT2D eigenvalue weighted by Gasteiger charge is 2.36. The van der Waals surface area contributed by atoms with Crippen LogP contribution in [0.5, 0.6) is 0 Å². The van der Waals surface area contributed by atoms with Gasteiger partial charge in [-0.2, -0.15) is 0 Å². The highest BCUT2D eigenvalue weighted by atomic mass is 16.5. The number of hydrogen-bond acceptors (Lipinski definition) is 4. The zero-order valence-electron chi connectivity index (χ0n) is 15.3. The molecule has 2 rings (SSSR count). The van der Waals surface area contributed by atoms with Gasteiger partial charge in [0.15, 0.2) is 5.78 Å². The van der Waals surface area contributed by atoms with Gasteiger partial charge in [-0.05, 0) is 46.1 Å². The molecule has 132 valence electrons. The van der Waals surface area contributed by atoms with Crippen LogP contribution in [-0.4, -0.2) is 46.8 Å². The molecule has 1 saturated carbocycles. The summed E-state index contributed by atoms with van der Waals surface area (Å²) in [6.45, 7) is 7.31. The number of amides is 1. The summed E-state index contributed by atoms with van der Waals surface area (Å²) in [6, 6.07) is -0.562. The molecule has 0 bridgehead atoms. The number of rotatable bonds is 6. The monoisotopic (exact) mass is 334 g/mol. The summed E-state index contributed by atoms with van der Waals surface area (Å²) < 4.78 is 6.78. The summed E-state index contributed by atoms with van der Waals surface area (Å²) >= 11 is 0. The average molecular weight is 334 g/mol. The molecule has 1 fully saturated rings. The first-order valence-corrected chi connectivity index (χ1v) is 8.36. The quantitative estimate of drug-likeness (QED) is 0.591. The summed E-state index contributed by atoms with van der Waals surface area (Å²) in [5, 5.41) is 0. The molecule has 0 aliphatic heterocycles. The first-order chi connectivity index (χ1) is 11.2. The van der Waals surface area contributed by atoms with E-state index >= 15 is 0 Å². The number of aromatic nitrogens is 1. The maximum absolute atomic E-state index is 13.0. The lowest BCUT2D eigenvalue weighted by Gasteiger charge is -2.24. The fraction of sp³-hybridized carbons (Fsp3) is 0.611. The van der Waals surface area contributed by atoms with Crippen LogP contribution >= 0.6 is 0 Å². The van der Waals surface area contributed by atoms with Crippen molar-refractivity contribution in [2.24, 2.45) is 13.0 Å². The van der Waals surface area contributed by atoms with E-state index in [2.05, 4.69) is 0 Å². The Morgan fingerprint density at radius 3 is 2.38 bits per heavy atom. The SMILES string of the molecule is CCOC(=O)c1c(C)c(C(=O)C(C)N(C)C(=O)C2CC2)c(C)n1C. The van der Waals surface area contributed by atoms with Gasteiger partial charge in [0, 0.05) is 31.3 Å². The minimum Gasteiger partial charge on any atom is -0.461 e. The lowest BCUT2D eigenvalue weighted by molar-refractivity contribution is -0.132. The molecular weight excluding hydrogens is 308 g/mol.